The van der Waals surface area contributed by atoms with Gasteiger partial charge in [-0.25, -0.2) is 9.37 Å². The lowest BCUT2D eigenvalue weighted by Crippen LogP contribution is -2.54. The average Bonchev–Trinajstić information content (AvgIpc) is 3.18. The van der Waals surface area contributed by atoms with E-state index in [0.29, 0.717) is 42.7 Å². The molecule has 0 radical (unpaired) electrons. The van der Waals surface area contributed by atoms with Gasteiger partial charge in [0, 0.05) is 45.0 Å². The zero-order valence-electron chi connectivity index (χ0n) is 17.3. The molecule has 8 nitrogen and oxygen atoms in total. The summed E-state index contributed by atoms with van der Waals surface area (Å²) in [6.07, 6.45) is 3.37. The minimum atomic E-state index is -3.52. The van der Waals surface area contributed by atoms with Crippen LogP contribution in [-0.2, 0) is 10.2 Å². The van der Waals surface area contributed by atoms with E-state index >= 15 is 0 Å². The molecule has 0 unspecified atom stereocenters. The minimum absolute atomic E-state index is 0.230. The van der Waals surface area contributed by atoms with E-state index in [1.54, 1.807) is 35.4 Å². The first-order valence-corrected chi connectivity index (χ1v) is 12.4. The molecule has 1 aromatic carbocycles. The van der Waals surface area contributed by atoms with Crippen LogP contribution in [0.1, 0.15) is 24.3 Å². The zero-order valence-corrected chi connectivity index (χ0v) is 18.9. The summed E-state index contributed by atoms with van der Waals surface area (Å²) in [5, 5.41) is 0.618. The number of hydrogen-bond donors (Lipinski definition) is 0. The summed E-state index contributed by atoms with van der Waals surface area (Å²) in [7, 11) is -3.52. The summed E-state index contributed by atoms with van der Waals surface area (Å²) in [5.74, 6) is -0.588. The fourth-order valence-electron chi connectivity index (χ4n) is 3.47. The highest BCUT2D eigenvalue weighted by molar-refractivity contribution is 7.98. The van der Waals surface area contributed by atoms with Crippen molar-refractivity contribution in [1.82, 2.24) is 23.1 Å². The molecule has 0 saturated carbocycles. The second-order valence-corrected chi connectivity index (χ2v) is 9.43. The molecule has 2 aromatic rings. The fourth-order valence-corrected chi connectivity index (χ4v) is 5.61. The van der Waals surface area contributed by atoms with Crippen LogP contribution >= 0.6 is 11.8 Å². The molecule has 1 amide bonds. The molecule has 11 heteroatoms. The van der Waals surface area contributed by atoms with Gasteiger partial charge in [0.2, 0.25) is 0 Å². The standard InChI is InChI=1S/C19H26FN5O3S2/c1-4-23(5-2)30(27,28)24-12-10-22(11-13-24)18(26)17-14-21-19(29-3)25(17)16-8-6-15(20)7-9-16/h6-9,14H,4-5,10-13H2,1-3H3. The van der Waals surface area contributed by atoms with E-state index in [2.05, 4.69) is 4.98 Å². The number of piperazine rings is 1. The maximum Gasteiger partial charge on any atom is 0.282 e. The summed E-state index contributed by atoms with van der Waals surface area (Å²) < 4.78 is 43.3. The van der Waals surface area contributed by atoms with E-state index in [1.807, 2.05) is 6.26 Å². The van der Waals surface area contributed by atoms with Crippen molar-refractivity contribution in [2.45, 2.75) is 19.0 Å². The quantitative estimate of drug-likeness (QED) is 0.598. The predicted molar refractivity (Wildman–Crippen MR) is 115 cm³/mol. The van der Waals surface area contributed by atoms with Crippen molar-refractivity contribution >= 4 is 27.9 Å². The second-order valence-electron chi connectivity index (χ2n) is 6.73. The highest BCUT2D eigenvalue weighted by Crippen LogP contribution is 2.24. The molecule has 1 aliphatic rings. The van der Waals surface area contributed by atoms with Gasteiger partial charge in [0.05, 0.1) is 6.20 Å². The Labute approximate surface area is 180 Å². The fraction of sp³-hybridized carbons (Fsp3) is 0.474. The molecule has 0 atom stereocenters. The third kappa shape index (κ3) is 4.39. The third-order valence-electron chi connectivity index (χ3n) is 5.10. The second kappa shape index (κ2) is 9.46. The lowest BCUT2D eigenvalue weighted by molar-refractivity contribution is 0.0685. The Kier molecular flexibility index (Phi) is 7.17. The average molecular weight is 456 g/mol. The first kappa shape index (κ1) is 22.7. The molecule has 164 valence electrons. The smallest absolute Gasteiger partial charge is 0.282 e. The van der Waals surface area contributed by atoms with Gasteiger partial charge in [-0.05, 0) is 30.5 Å². The lowest BCUT2D eigenvalue weighted by Gasteiger charge is -2.36. The Morgan fingerprint density at radius 3 is 2.27 bits per heavy atom. The molecule has 2 heterocycles. The monoisotopic (exact) mass is 455 g/mol. The predicted octanol–water partition coefficient (Wildman–Crippen LogP) is 2.08. The maximum atomic E-state index is 13.3. The minimum Gasteiger partial charge on any atom is -0.335 e. The van der Waals surface area contributed by atoms with Crippen LogP contribution in [0.4, 0.5) is 4.39 Å². The Bertz CT molecular complexity index is 982. The van der Waals surface area contributed by atoms with Crippen molar-refractivity contribution < 1.29 is 17.6 Å². The van der Waals surface area contributed by atoms with Gasteiger partial charge in [-0.15, -0.1) is 0 Å². The number of rotatable bonds is 7. The number of thioether (sulfide) groups is 1. The Morgan fingerprint density at radius 1 is 1.13 bits per heavy atom. The number of carbonyl (C=O) groups excluding carboxylic acids is 1. The van der Waals surface area contributed by atoms with Gasteiger partial charge in [0.1, 0.15) is 11.5 Å². The van der Waals surface area contributed by atoms with Gasteiger partial charge in [-0.1, -0.05) is 25.6 Å². The molecule has 0 N–H and O–H groups in total. The van der Waals surface area contributed by atoms with Crippen molar-refractivity contribution in [3.8, 4) is 5.69 Å². The molecule has 1 aromatic heterocycles. The number of carbonyl (C=O) groups is 1. The molecule has 30 heavy (non-hydrogen) atoms. The first-order chi connectivity index (χ1) is 14.3. The SMILES string of the molecule is CCN(CC)S(=O)(=O)N1CCN(C(=O)c2cnc(SC)n2-c2ccc(F)cc2)CC1. The van der Waals surface area contributed by atoms with Crippen LogP contribution in [-0.4, -0.2) is 82.9 Å². The summed E-state index contributed by atoms with van der Waals surface area (Å²) >= 11 is 1.39. The topological polar surface area (TPSA) is 78.8 Å². The molecule has 0 aliphatic carbocycles. The van der Waals surface area contributed by atoms with E-state index < -0.39 is 10.2 Å². The van der Waals surface area contributed by atoms with Crippen LogP contribution in [0.3, 0.4) is 0 Å². The largest absolute Gasteiger partial charge is 0.335 e. The Morgan fingerprint density at radius 2 is 1.73 bits per heavy atom. The highest BCUT2D eigenvalue weighted by atomic mass is 32.2. The zero-order chi connectivity index (χ0) is 21.9. The Hall–Kier alpha value is -1.95. The van der Waals surface area contributed by atoms with Gasteiger partial charge < -0.3 is 4.90 Å². The first-order valence-electron chi connectivity index (χ1n) is 9.75. The van der Waals surface area contributed by atoms with Crippen molar-refractivity contribution in [1.29, 1.82) is 0 Å². The summed E-state index contributed by atoms with van der Waals surface area (Å²) in [5.41, 5.74) is 1.01. The van der Waals surface area contributed by atoms with Crippen molar-refractivity contribution in [3.63, 3.8) is 0 Å². The van der Waals surface area contributed by atoms with Crippen molar-refractivity contribution in [2.75, 3.05) is 45.5 Å². The number of aromatic nitrogens is 2. The number of halogens is 1. The number of imidazole rings is 1. The third-order valence-corrected chi connectivity index (χ3v) is 7.94. The van der Waals surface area contributed by atoms with E-state index in [4.69, 9.17) is 0 Å². The van der Waals surface area contributed by atoms with Crippen molar-refractivity contribution in [2.24, 2.45) is 0 Å². The van der Waals surface area contributed by atoms with Crippen LogP contribution in [0.15, 0.2) is 35.6 Å². The molecule has 0 spiro atoms. The van der Waals surface area contributed by atoms with Gasteiger partial charge in [0.15, 0.2) is 5.16 Å². The Balaban J connectivity index is 1.79. The van der Waals surface area contributed by atoms with E-state index in [1.165, 1.54) is 38.7 Å². The van der Waals surface area contributed by atoms with Crippen LogP contribution in [0.5, 0.6) is 0 Å². The lowest BCUT2D eigenvalue weighted by atomic mass is 10.2. The number of hydrogen-bond acceptors (Lipinski definition) is 5. The van der Waals surface area contributed by atoms with E-state index in [9.17, 15) is 17.6 Å². The van der Waals surface area contributed by atoms with Gasteiger partial charge in [-0.2, -0.15) is 17.0 Å². The van der Waals surface area contributed by atoms with Gasteiger partial charge in [-0.3, -0.25) is 9.36 Å². The molecule has 1 saturated heterocycles. The summed E-state index contributed by atoms with van der Waals surface area (Å²) in [4.78, 5) is 19.2. The normalized spacial score (nSPS) is 15.7. The van der Waals surface area contributed by atoms with Crippen LogP contribution in [0.2, 0.25) is 0 Å². The molecular formula is C19H26FN5O3S2. The molecule has 0 bridgehead atoms. The summed E-state index contributed by atoms with van der Waals surface area (Å²) in [6, 6.07) is 5.87. The van der Waals surface area contributed by atoms with Crippen LogP contribution in [0.25, 0.3) is 5.69 Å². The molecule has 3 rings (SSSR count). The van der Waals surface area contributed by atoms with Crippen molar-refractivity contribution in [3.05, 3.63) is 42.0 Å². The summed E-state index contributed by atoms with van der Waals surface area (Å²) in [6.45, 7) is 5.50. The maximum absolute atomic E-state index is 13.3. The molecule has 1 fully saturated rings. The highest BCUT2D eigenvalue weighted by Gasteiger charge is 2.33. The van der Waals surface area contributed by atoms with Gasteiger partial charge >= 0.3 is 0 Å². The number of benzene rings is 1. The molecular weight excluding hydrogens is 429 g/mol. The van der Waals surface area contributed by atoms with E-state index in [0.717, 1.165) is 0 Å². The van der Waals surface area contributed by atoms with E-state index in [-0.39, 0.29) is 24.8 Å². The van der Waals surface area contributed by atoms with Crippen LogP contribution < -0.4 is 0 Å². The van der Waals surface area contributed by atoms with Gasteiger partial charge in [0.25, 0.3) is 16.1 Å². The number of amides is 1. The van der Waals surface area contributed by atoms with Crippen LogP contribution in [0, 0.1) is 5.82 Å². The number of nitrogens with zero attached hydrogens (tertiary/aromatic N) is 5. The molecule has 1 aliphatic heterocycles.